The van der Waals surface area contributed by atoms with Crippen molar-refractivity contribution in [2.24, 2.45) is 11.8 Å². The monoisotopic (exact) mass is 159 g/mol. The molecule has 0 aromatic heterocycles. The zero-order valence-corrected chi connectivity index (χ0v) is 8.09. The van der Waals surface area contributed by atoms with Crippen LogP contribution in [-0.2, 0) is 0 Å². The minimum Gasteiger partial charge on any atom is -0.395 e. The highest BCUT2D eigenvalue weighted by Gasteiger charge is 2.10. The van der Waals surface area contributed by atoms with Gasteiger partial charge < -0.3 is 10.4 Å². The molecule has 2 N–H and O–H groups in total. The highest BCUT2D eigenvalue weighted by atomic mass is 16.3. The van der Waals surface area contributed by atoms with E-state index in [-0.39, 0.29) is 12.6 Å². The molecule has 11 heavy (non-hydrogen) atoms. The van der Waals surface area contributed by atoms with E-state index in [0.717, 1.165) is 6.54 Å². The highest BCUT2D eigenvalue weighted by Crippen LogP contribution is 2.01. The van der Waals surface area contributed by atoms with Gasteiger partial charge in [0.05, 0.1) is 6.61 Å². The van der Waals surface area contributed by atoms with Crippen molar-refractivity contribution in [1.82, 2.24) is 5.32 Å². The first kappa shape index (κ1) is 10.9. The third-order valence-corrected chi connectivity index (χ3v) is 1.79. The lowest BCUT2D eigenvalue weighted by molar-refractivity contribution is 0.207. The van der Waals surface area contributed by atoms with Gasteiger partial charge in [-0.1, -0.05) is 27.7 Å². The van der Waals surface area contributed by atoms with Gasteiger partial charge in [-0.05, 0) is 18.4 Å². The molecule has 0 aromatic rings. The third kappa shape index (κ3) is 5.22. The van der Waals surface area contributed by atoms with E-state index in [4.69, 9.17) is 5.11 Å². The van der Waals surface area contributed by atoms with Crippen LogP contribution in [0, 0.1) is 11.8 Å². The first-order valence-electron chi connectivity index (χ1n) is 4.42. The molecule has 1 atom stereocenters. The number of hydrogen-bond donors (Lipinski definition) is 2. The van der Waals surface area contributed by atoms with Crippen LogP contribution in [0.4, 0.5) is 0 Å². The fraction of sp³-hybridized carbons (Fsp3) is 1.00. The summed E-state index contributed by atoms with van der Waals surface area (Å²) < 4.78 is 0. The zero-order chi connectivity index (χ0) is 8.85. The quantitative estimate of drug-likeness (QED) is 0.633. The Labute approximate surface area is 70.0 Å². The van der Waals surface area contributed by atoms with Gasteiger partial charge >= 0.3 is 0 Å². The Morgan fingerprint density at radius 2 is 1.73 bits per heavy atom. The van der Waals surface area contributed by atoms with Gasteiger partial charge in [-0.15, -0.1) is 0 Å². The van der Waals surface area contributed by atoms with Gasteiger partial charge in [0.25, 0.3) is 0 Å². The first-order chi connectivity index (χ1) is 5.07. The predicted octanol–water partition coefficient (Wildman–Crippen LogP) is 1.25. The van der Waals surface area contributed by atoms with Crippen LogP contribution in [0.3, 0.4) is 0 Å². The molecular weight excluding hydrogens is 138 g/mol. The topological polar surface area (TPSA) is 32.3 Å². The van der Waals surface area contributed by atoms with Gasteiger partial charge in [0.1, 0.15) is 0 Å². The molecule has 0 aromatic carbocycles. The number of rotatable bonds is 5. The molecule has 0 aliphatic carbocycles. The van der Waals surface area contributed by atoms with E-state index in [1.165, 1.54) is 0 Å². The summed E-state index contributed by atoms with van der Waals surface area (Å²) in [6, 6.07) is 0.261. The van der Waals surface area contributed by atoms with Crippen molar-refractivity contribution in [3.8, 4) is 0 Å². The van der Waals surface area contributed by atoms with Crippen molar-refractivity contribution < 1.29 is 5.11 Å². The second-order valence-corrected chi connectivity index (χ2v) is 3.84. The van der Waals surface area contributed by atoms with Gasteiger partial charge in [-0.3, -0.25) is 0 Å². The van der Waals surface area contributed by atoms with E-state index < -0.39 is 0 Å². The molecule has 68 valence electrons. The Morgan fingerprint density at radius 1 is 1.18 bits per heavy atom. The maximum absolute atomic E-state index is 8.95. The van der Waals surface area contributed by atoms with Crippen molar-refractivity contribution in [3.63, 3.8) is 0 Å². The van der Waals surface area contributed by atoms with E-state index in [0.29, 0.717) is 11.8 Å². The molecule has 0 saturated carbocycles. The fourth-order valence-electron chi connectivity index (χ4n) is 0.898. The highest BCUT2D eigenvalue weighted by molar-refractivity contribution is 4.69. The molecule has 0 saturated heterocycles. The SMILES string of the molecule is CC(C)CN[C@H](CO)C(C)C. The average molecular weight is 159 g/mol. The summed E-state index contributed by atoms with van der Waals surface area (Å²) in [4.78, 5) is 0. The lowest BCUT2D eigenvalue weighted by Crippen LogP contribution is -2.38. The molecule has 2 nitrogen and oxygen atoms in total. The Morgan fingerprint density at radius 3 is 2.00 bits per heavy atom. The molecule has 0 aliphatic heterocycles. The Kier molecular flexibility index (Phi) is 5.51. The molecule has 0 spiro atoms. The number of aliphatic hydroxyl groups is 1. The average Bonchev–Trinajstić information content (AvgIpc) is 1.87. The van der Waals surface area contributed by atoms with Gasteiger partial charge in [-0.25, -0.2) is 0 Å². The summed E-state index contributed by atoms with van der Waals surface area (Å²) in [5.41, 5.74) is 0. The molecule has 0 amide bonds. The molecule has 0 rings (SSSR count). The minimum absolute atomic E-state index is 0.240. The maximum Gasteiger partial charge on any atom is 0.0587 e. The summed E-state index contributed by atoms with van der Waals surface area (Å²) in [5, 5.41) is 12.3. The van der Waals surface area contributed by atoms with E-state index >= 15 is 0 Å². The maximum atomic E-state index is 8.95. The Balaban J connectivity index is 3.52. The smallest absolute Gasteiger partial charge is 0.0587 e. The van der Waals surface area contributed by atoms with Crippen molar-refractivity contribution in [2.45, 2.75) is 33.7 Å². The fourth-order valence-corrected chi connectivity index (χ4v) is 0.898. The van der Waals surface area contributed by atoms with Crippen LogP contribution in [0.1, 0.15) is 27.7 Å². The van der Waals surface area contributed by atoms with E-state index in [9.17, 15) is 0 Å². The van der Waals surface area contributed by atoms with E-state index in [1.54, 1.807) is 0 Å². The summed E-state index contributed by atoms with van der Waals surface area (Å²) in [6.07, 6.45) is 0. The number of hydrogen-bond acceptors (Lipinski definition) is 2. The van der Waals surface area contributed by atoms with E-state index in [2.05, 4.69) is 33.0 Å². The van der Waals surface area contributed by atoms with E-state index in [1.807, 2.05) is 0 Å². The number of aliphatic hydroxyl groups excluding tert-OH is 1. The molecule has 0 aliphatic rings. The molecule has 0 heterocycles. The van der Waals surface area contributed by atoms with Crippen molar-refractivity contribution in [1.29, 1.82) is 0 Å². The van der Waals surface area contributed by atoms with Gasteiger partial charge in [0.2, 0.25) is 0 Å². The molecular formula is C9H21NO. The number of nitrogens with one attached hydrogen (secondary N) is 1. The largest absolute Gasteiger partial charge is 0.395 e. The second-order valence-electron chi connectivity index (χ2n) is 3.84. The van der Waals surface area contributed by atoms with Crippen LogP contribution in [0.2, 0.25) is 0 Å². The van der Waals surface area contributed by atoms with Crippen molar-refractivity contribution in [2.75, 3.05) is 13.2 Å². The van der Waals surface area contributed by atoms with Crippen LogP contribution >= 0.6 is 0 Å². The summed E-state index contributed by atoms with van der Waals surface area (Å²) in [5.74, 6) is 1.17. The van der Waals surface area contributed by atoms with Crippen LogP contribution in [-0.4, -0.2) is 24.3 Å². The standard InChI is InChI=1S/C9H21NO/c1-7(2)5-10-9(6-11)8(3)4/h7-11H,5-6H2,1-4H3/t9-/m1/s1. The third-order valence-electron chi connectivity index (χ3n) is 1.79. The zero-order valence-electron chi connectivity index (χ0n) is 8.09. The Bertz CT molecular complexity index is 91.6. The minimum atomic E-state index is 0.240. The molecule has 2 heteroatoms. The molecule has 0 fully saturated rings. The van der Waals surface area contributed by atoms with Crippen molar-refractivity contribution >= 4 is 0 Å². The van der Waals surface area contributed by atoms with Gasteiger partial charge in [0.15, 0.2) is 0 Å². The summed E-state index contributed by atoms with van der Waals surface area (Å²) >= 11 is 0. The van der Waals surface area contributed by atoms with Gasteiger partial charge in [-0.2, -0.15) is 0 Å². The van der Waals surface area contributed by atoms with Crippen LogP contribution in [0.25, 0.3) is 0 Å². The lowest BCUT2D eigenvalue weighted by Gasteiger charge is -2.20. The van der Waals surface area contributed by atoms with Gasteiger partial charge in [0, 0.05) is 6.04 Å². The summed E-state index contributed by atoms with van der Waals surface area (Å²) in [6.45, 7) is 9.81. The molecule has 0 radical (unpaired) electrons. The normalized spacial score (nSPS) is 14.5. The van der Waals surface area contributed by atoms with Crippen LogP contribution in [0.5, 0.6) is 0 Å². The van der Waals surface area contributed by atoms with Crippen LogP contribution < -0.4 is 5.32 Å². The molecule has 0 bridgehead atoms. The molecule has 0 unspecified atom stereocenters. The lowest BCUT2D eigenvalue weighted by atomic mass is 10.0. The second kappa shape index (κ2) is 5.56. The predicted molar refractivity (Wildman–Crippen MR) is 48.6 cm³/mol. The van der Waals surface area contributed by atoms with Crippen LogP contribution in [0.15, 0.2) is 0 Å². The van der Waals surface area contributed by atoms with Crippen molar-refractivity contribution in [3.05, 3.63) is 0 Å². The summed E-state index contributed by atoms with van der Waals surface area (Å²) in [7, 11) is 0. The Hall–Kier alpha value is -0.0800. The first-order valence-corrected chi connectivity index (χ1v) is 4.42.